The van der Waals surface area contributed by atoms with E-state index >= 15 is 0 Å². The summed E-state index contributed by atoms with van der Waals surface area (Å²) in [5.74, 6) is 2.81. The van der Waals surface area contributed by atoms with Crippen molar-refractivity contribution < 1.29 is 4.74 Å². The fourth-order valence-corrected chi connectivity index (χ4v) is 3.39. The summed E-state index contributed by atoms with van der Waals surface area (Å²) in [5, 5.41) is 0. The van der Waals surface area contributed by atoms with Crippen LogP contribution in [0.2, 0.25) is 0 Å². The maximum atomic E-state index is 5.29. The van der Waals surface area contributed by atoms with E-state index in [1.807, 2.05) is 0 Å². The van der Waals surface area contributed by atoms with E-state index in [4.69, 9.17) is 4.74 Å². The molecule has 2 aliphatic carbocycles. The lowest BCUT2D eigenvalue weighted by Crippen LogP contribution is -2.12. The van der Waals surface area contributed by atoms with Gasteiger partial charge in [-0.2, -0.15) is 0 Å². The van der Waals surface area contributed by atoms with Crippen molar-refractivity contribution in [1.82, 2.24) is 0 Å². The van der Waals surface area contributed by atoms with Gasteiger partial charge in [-0.15, -0.1) is 0 Å². The second-order valence-electron chi connectivity index (χ2n) is 4.92. The Morgan fingerprint density at radius 2 is 2.07 bits per heavy atom. The lowest BCUT2D eigenvalue weighted by Gasteiger charge is -2.25. The molecule has 0 spiro atoms. The number of methoxy groups -OCH3 is 1. The van der Waals surface area contributed by atoms with Gasteiger partial charge in [0, 0.05) is 0 Å². The highest BCUT2D eigenvalue weighted by Crippen LogP contribution is 2.47. The van der Waals surface area contributed by atoms with Crippen molar-refractivity contribution in [2.45, 2.75) is 38.0 Å². The summed E-state index contributed by atoms with van der Waals surface area (Å²) < 4.78 is 5.29. The number of fused-ring (bicyclic) bond motifs is 3. The molecular formula is C14H18O. The minimum absolute atomic E-state index is 0.861. The standard InChI is InChI=1S/C14H18O/c1-15-12-6-7-14-11(9-12)8-10-4-2-3-5-13(10)14/h6-7,9-10,13H,2-5,8H2,1H3/t10-,13-/m1/s1. The second kappa shape index (κ2) is 3.55. The highest BCUT2D eigenvalue weighted by atomic mass is 16.5. The third-order valence-corrected chi connectivity index (χ3v) is 4.14. The van der Waals surface area contributed by atoms with Gasteiger partial charge in [0.2, 0.25) is 0 Å². The van der Waals surface area contributed by atoms with Gasteiger partial charge in [-0.05, 0) is 54.4 Å². The van der Waals surface area contributed by atoms with E-state index < -0.39 is 0 Å². The van der Waals surface area contributed by atoms with E-state index in [1.54, 1.807) is 18.2 Å². The molecular weight excluding hydrogens is 184 g/mol. The van der Waals surface area contributed by atoms with Crippen LogP contribution in [0.3, 0.4) is 0 Å². The van der Waals surface area contributed by atoms with E-state index in [2.05, 4.69) is 18.2 Å². The fraction of sp³-hybridized carbons (Fsp3) is 0.571. The molecule has 0 amide bonds. The number of hydrogen-bond donors (Lipinski definition) is 0. The summed E-state index contributed by atoms with van der Waals surface area (Å²) in [6.45, 7) is 0. The Kier molecular flexibility index (Phi) is 2.19. The van der Waals surface area contributed by atoms with Gasteiger partial charge < -0.3 is 4.74 Å². The number of ether oxygens (including phenoxy) is 1. The molecule has 0 unspecified atom stereocenters. The first-order valence-corrected chi connectivity index (χ1v) is 6.05. The predicted octanol–water partition coefficient (Wildman–Crippen LogP) is 3.53. The van der Waals surface area contributed by atoms with Crippen molar-refractivity contribution in [1.29, 1.82) is 0 Å². The normalized spacial score (nSPS) is 28.3. The van der Waals surface area contributed by atoms with Gasteiger partial charge in [-0.25, -0.2) is 0 Å². The maximum Gasteiger partial charge on any atom is 0.119 e. The largest absolute Gasteiger partial charge is 0.497 e. The van der Waals surface area contributed by atoms with E-state index in [1.165, 1.54) is 32.1 Å². The molecule has 1 saturated carbocycles. The molecule has 1 aromatic carbocycles. The van der Waals surface area contributed by atoms with Crippen LogP contribution < -0.4 is 4.74 Å². The van der Waals surface area contributed by atoms with Crippen molar-refractivity contribution in [3.63, 3.8) is 0 Å². The first kappa shape index (κ1) is 9.26. The molecule has 1 fully saturated rings. The topological polar surface area (TPSA) is 9.23 Å². The zero-order valence-corrected chi connectivity index (χ0v) is 9.33. The van der Waals surface area contributed by atoms with Crippen LogP contribution in [0.5, 0.6) is 5.75 Å². The monoisotopic (exact) mass is 202 g/mol. The number of rotatable bonds is 1. The first-order chi connectivity index (χ1) is 7.38. The molecule has 1 nitrogen and oxygen atoms in total. The molecule has 80 valence electrons. The Labute approximate surface area is 91.5 Å². The molecule has 2 aliphatic rings. The van der Waals surface area contributed by atoms with Crippen LogP contribution in [0.1, 0.15) is 42.7 Å². The summed E-state index contributed by atoms with van der Waals surface area (Å²) >= 11 is 0. The number of benzene rings is 1. The molecule has 1 aromatic rings. The Bertz CT molecular complexity index is 370. The zero-order valence-electron chi connectivity index (χ0n) is 9.33. The summed E-state index contributed by atoms with van der Waals surface area (Å²) in [5.41, 5.74) is 3.16. The van der Waals surface area contributed by atoms with Crippen molar-refractivity contribution >= 4 is 0 Å². The molecule has 1 heteroatoms. The average molecular weight is 202 g/mol. The van der Waals surface area contributed by atoms with Crippen LogP contribution >= 0.6 is 0 Å². The van der Waals surface area contributed by atoms with Gasteiger partial charge in [0.15, 0.2) is 0 Å². The Balaban J connectivity index is 1.96. The van der Waals surface area contributed by atoms with Gasteiger partial charge >= 0.3 is 0 Å². The van der Waals surface area contributed by atoms with Crippen LogP contribution in [-0.4, -0.2) is 7.11 Å². The fourth-order valence-electron chi connectivity index (χ4n) is 3.39. The lowest BCUT2D eigenvalue weighted by molar-refractivity contribution is 0.330. The van der Waals surface area contributed by atoms with Crippen LogP contribution in [0.25, 0.3) is 0 Å². The van der Waals surface area contributed by atoms with E-state index in [9.17, 15) is 0 Å². The molecule has 15 heavy (non-hydrogen) atoms. The van der Waals surface area contributed by atoms with Crippen molar-refractivity contribution in [3.8, 4) is 5.75 Å². The van der Waals surface area contributed by atoms with Crippen molar-refractivity contribution in [3.05, 3.63) is 29.3 Å². The van der Waals surface area contributed by atoms with E-state index in [-0.39, 0.29) is 0 Å². The van der Waals surface area contributed by atoms with E-state index in [0.29, 0.717) is 0 Å². The molecule has 3 rings (SSSR count). The van der Waals surface area contributed by atoms with Gasteiger partial charge in [-0.1, -0.05) is 18.9 Å². The molecule has 0 saturated heterocycles. The molecule has 2 atom stereocenters. The number of hydrogen-bond acceptors (Lipinski definition) is 1. The molecule has 0 radical (unpaired) electrons. The zero-order chi connectivity index (χ0) is 10.3. The molecule has 0 aromatic heterocycles. The minimum Gasteiger partial charge on any atom is -0.497 e. The first-order valence-electron chi connectivity index (χ1n) is 6.05. The summed E-state index contributed by atoms with van der Waals surface area (Å²) in [7, 11) is 1.75. The highest BCUT2D eigenvalue weighted by Gasteiger charge is 2.33. The van der Waals surface area contributed by atoms with Crippen LogP contribution in [0, 0.1) is 5.92 Å². The summed E-state index contributed by atoms with van der Waals surface area (Å²) in [6, 6.07) is 6.66. The van der Waals surface area contributed by atoms with Crippen LogP contribution in [0.15, 0.2) is 18.2 Å². The van der Waals surface area contributed by atoms with Crippen molar-refractivity contribution in [2.75, 3.05) is 7.11 Å². The van der Waals surface area contributed by atoms with Gasteiger partial charge in [0.25, 0.3) is 0 Å². The molecule has 0 heterocycles. The van der Waals surface area contributed by atoms with Gasteiger partial charge in [0.1, 0.15) is 5.75 Å². The Morgan fingerprint density at radius 1 is 1.20 bits per heavy atom. The average Bonchev–Trinajstić information content (AvgIpc) is 2.66. The minimum atomic E-state index is 0.861. The van der Waals surface area contributed by atoms with Crippen LogP contribution in [0.4, 0.5) is 0 Å². The molecule has 0 aliphatic heterocycles. The van der Waals surface area contributed by atoms with Crippen molar-refractivity contribution in [2.24, 2.45) is 5.92 Å². The van der Waals surface area contributed by atoms with Gasteiger partial charge in [0.05, 0.1) is 7.11 Å². The summed E-state index contributed by atoms with van der Waals surface area (Å²) in [4.78, 5) is 0. The highest BCUT2D eigenvalue weighted by molar-refractivity contribution is 5.42. The second-order valence-corrected chi connectivity index (χ2v) is 4.92. The third-order valence-electron chi connectivity index (χ3n) is 4.14. The van der Waals surface area contributed by atoms with Gasteiger partial charge in [-0.3, -0.25) is 0 Å². The van der Waals surface area contributed by atoms with Crippen LogP contribution in [-0.2, 0) is 6.42 Å². The predicted molar refractivity (Wildman–Crippen MR) is 61.4 cm³/mol. The third kappa shape index (κ3) is 1.45. The summed E-state index contributed by atoms with van der Waals surface area (Å²) in [6.07, 6.45) is 6.99. The Morgan fingerprint density at radius 3 is 2.93 bits per heavy atom. The maximum absolute atomic E-state index is 5.29. The molecule has 0 bridgehead atoms. The smallest absolute Gasteiger partial charge is 0.119 e. The SMILES string of the molecule is COc1ccc2c(c1)C[C@H]1CCCC[C@@H]21. The molecule has 0 N–H and O–H groups in total. The van der Waals surface area contributed by atoms with E-state index in [0.717, 1.165) is 17.6 Å². The lowest BCUT2D eigenvalue weighted by atomic mass is 9.80. The quantitative estimate of drug-likeness (QED) is 0.677. The Hall–Kier alpha value is -0.980.